The molecule has 22 heavy (non-hydrogen) atoms. The van der Waals surface area contributed by atoms with Crippen LogP contribution in [0.25, 0.3) is 21.5 Å². The van der Waals surface area contributed by atoms with E-state index in [0.717, 1.165) is 17.3 Å². The molecule has 4 rings (SSSR count). The lowest BCUT2D eigenvalue weighted by atomic mass is 9.82. The molecule has 0 nitrogen and oxygen atoms in total. The molecule has 0 fully saturated rings. The van der Waals surface area contributed by atoms with E-state index in [1.807, 2.05) is 6.07 Å². The van der Waals surface area contributed by atoms with Gasteiger partial charge in [0.15, 0.2) is 0 Å². The highest BCUT2D eigenvalue weighted by molar-refractivity contribution is 6.40. The second kappa shape index (κ2) is 5.34. The van der Waals surface area contributed by atoms with Gasteiger partial charge < -0.3 is 0 Å². The topological polar surface area (TPSA) is 0 Å². The van der Waals surface area contributed by atoms with Gasteiger partial charge in [-0.15, -0.1) is 0 Å². The lowest BCUT2D eigenvalue weighted by molar-refractivity contribution is 1.21. The molecule has 0 amide bonds. The monoisotopic (exact) mass is 278 g/mol. The fraction of sp³-hybridized carbons (Fsp3) is 0.0476. The van der Waals surface area contributed by atoms with Gasteiger partial charge in [0.05, 0.1) is 0 Å². The van der Waals surface area contributed by atoms with E-state index in [0.29, 0.717) is 0 Å². The van der Waals surface area contributed by atoms with E-state index in [1.54, 1.807) is 0 Å². The van der Waals surface area contributed by atoms with Gasteiger partial charge >= 0.3 is 0 Å². The molecule has 0 aliphatic heterocycles. The Bertz CT molecular complexity index is 955. The molecular formula is C21H15B. The summed E-state index contributed by atoms with van der Waals surface area (Å²) in [4.78, 5) is 0. The van der Waals surface area contributed by atoms with Crippen LogP contribution < -0.4 is 5.46 Å². The van der Waals surface area contributed by atoms with Gasteiger partial charge in [0, 0.05) is 0 Å². The molecule has 102 valence electrons. The van der Waals surface area contributed by atoms with Crippen LogP contribution in [0.1, 0.15) is 11.1 Å². The van der Waals surface area contributed by atoms with Crippen molar-refractivity contribution in [2.45, 2.75) is 6.42 Å². The smallest absolute Gasteiger partial charge is 0.0855 e. The molecule has 0 heterocycles. The minimum Gasteiger partial charge on any atom is -0.0855 e. The zero-order valence-corrected chi connectivity index (χ0v) is 12.3. The van der Waals surface area contributed by atoms with Gasteiger partial charge in [-0.1, -0.05) is 89.9 Å². The Labute approximate surface area is 131 Å². The number of hydrogen-bond acceptors (Lipinski definition) is 0. The van der Waals surface area contributed by atoms with E-state index in [2.05, 4.69) is 72.8 Å². The molecule has 0 unspecified atom stereocenters. The van der Waals surface area contributed by atoms with Gasteiger partial charge in [-0.25, -0.2) is 0 Å². The summed E-state index contributed by atoms with van der Waals surface area (Å²) in [6.45, 7) is 0. The van der Waals surface area contributed by atoms with Crippen molar-refractivity contribution in [1.29, 1.82) is 0 Å². The highest BCUT2D eigenvalue weighted by Gasteiger charge is 2.06. The summed E-state index contributed by atoms with van der Waals surface area (Å²) < 4.78 is 0. The van der Waals surface area contributed by atoms with Gasteiger partial charge in [-0.05, 0) is 33.5 Å². The maximum absolute atomic E-state index is 6.46. The van der Waals surface area contributed by atoms with Crippen molar-refractivity contribution in [3.05, 3.63) is 90.0 Å². The lowest BCUT2D eigenvalue weighted by Crippen LogP contribution is -2.12. The highest BCUT2D eigenvalue weighted by Crippen LogP contribution is 2.25. The lowest BCUT2D eigenvalue weighted by Gasteiger charge is -2.12. The van der Waals surface area contributed by atoms with Crippen molar-refractivity contribution >= 4 is 34.9 Å². The standard InChI is InChI=1S/C21H15B/c22-21-17(14-15-6-2-1-3-7-15)11-12-19-18-9-5-4-8-16(18)10-13-20(19)21/h1-13H,14H2. The summed E-state index contributed by atoms with van der Waals surface area (Å²) in [5.41, 5.74) is 3.37. The summed E-state index contributed by atoms with van der Waals surface area (Å²) in [7, 11) is 6.46. The number of rotatable bonds is 2. The second-order valence-electron chi connectivity index (χ2n) is 5.68. The first kappa shape index (κ1) is 13.2. The number of benzene rings is 4. The van der Waals surface area contributed by atoms with Crippen LogP contribution in [0, 0.1) is 0 Å². The van der Waals surface area contributed by atoms with Crippen LogP contribution in [0.5, 0.6) is 0 Å². The molecule has 0 spiro atoms. The Hall–Kier alpha value is -2.54. The Kier molecular flexibility index (Phi) is 3.19. The minimum atomic E-state index is 0.870. The molecule has 0 aliphatic carbocycles. The fourth-order valence-electron chi connectivity index (χ4n) is 3.13. The fourth-order valence-corrected chi connectivity index (χ4v) is 3.13. The quantitative estimate of drug-likeness (QED) is 0.377. The van der Waals surface area contributed by atoms with Crippen molar-refractivity contribution in [1.82, 2.24) is 0 Å². The van der Waals surface area contributed by atoms with Crippen LogP contribution >= 0.6 is 0 Å². The van der Waals surface area contributed by atoms with Gasteiger partial charge in [-0.2, -0.15) is 0 Å². The number of hydrogen-bond donors (Lipinski definition) is 0. The molecule has 4 aromatic rings. The maximum Gasteiger partial charge on any atom is 0.115 e. The summed E-state index contributed by atoms with van der Waals surface area (Å²) >= 11 is 0. The van der Waals surface area contributed by atoms with Crippen LogP contribution in [-0.2, 0) is 6.42 Å². The summed E-state index contributed by atoms with van der Waals surface area (Å²) in [6, 6.07) is 27.6. The summed E-state index contributed by atoms with van der Waals surface area (Å²) in [5.74, 6) is 0. The minimum absolute atomic E-state index is 0.870. The third-order valence-electron chi connectivity index (χ3n) is 4.30. The van der Waals surface area contributed by atoms with E-state index in [9.17, 15) is 0 Å². The zero-order chi connectivity index (χ0) is 14.9. The Morgan fingerprint density at radius 1 is 0.591 bits per heavy atom. The highest BCUT2D eigenvalue weighted by atomic mass is 14.1. The normalized spacial score (nSPS) is 11.1. The third-order valence-corrected chi connectivity index (χ3v) is 4.30. The van der Waals surface area contributed by atoms with Crippen LogP contribution in [-0.4, -0.2) is 7.85 Å². The molecule has 0 saturated heterocycles. The average molecular weight is 278 g/mol. The van der Waals surface area contributed by atoms with Gasteiger partial charge in [0.1, 0.15) is 7.85 Å². The first-order valence-electron chi connectivity index (χ1n) is 7.56. The van der Waals surface area contributed by atoms with E-state index < -0.39 is 0 Å². The van der Waals surface area contributed by atoms with Crippen molar-refractivity contribution in [2.75, 3.05) is 0 Å². The van der Waals surface area contributed by atoms with Gasteiger partial charge in [-0.3, -0.25) is 0 Å². The molecule has 4 aromatic carbocycles. The molecule has 0 bridgehead atoms. The molecule has 1 heteroatoms. The van der Waals surface area contributed by atoms with Crippen LogP contribution in [0.15, 0.2) is 78.9 Å². The van der Waals surface area contributed by atoms with Crippen molar-refractivity contribution in [2.24, 2.45) is 0 Å². The molecule has 0 atom stereocenters. The molecule has 2 radical (unpaired) electrons. The Balaban J connectivity index is 1.89. The maximum atomic E-state index is 6.46. The first-order chi connectivity index (χ1) is 10.8. The first-order valence-corrected chi connectivity index (χ1v) is 7.56. The second-order valence-corrected chi connectivity index (χ2v) is 5.68. The predicted molar refractivity (Wildman–Crippen MR) is 96.1 cm³/mol. The van der Waals surface area contributed by atoms with Gasteiger partial charge in [0.2, 0.25) is 0 Å². The predicted octanol–water partition coefficient (Wildman–Crippen LogP) is 4.38. The van der Waals surface area contributed by atoms with E-state index in [1.165, 1.54) is 27.3 Å². The zero-order valence-electron chi connectivity index (χ0n) is 12.3. The molecular weight excluding hydrogens is 263 g/mol. The van der Waals surface area contributed by atoms with Crippen molar-refractivity contribution in [3.63, 3.8) is 0 Å². The molecule has 0 N–H and O–H groups in total. The van der Waals surface area contributed by atoms with Crippen LogP contribution in [0.2, 0.25) is 0 Å². The summed E-state index contributed by atoms with van der Waals surface area (Å²) in [5, 5.41) is 4.89. The average Bonchev–Trinajstić information content (AvgIpc) is 2.58. The van der Waals surface area contributed by atoms with E-state index in [-0.39, 0.29) is 0 Å². The third kappa shape index (κ3) is 2.19. The summed E-state index contributed by atoms with van der Waals surface area (Å²) in [6.07, 6.45) is 0.870. The van der Waals surface area contributed by atoms with Gasteiger partial charge in [0.25, 0.3) is 0 Å². The number of fused-ring (bicyclic) bond motifs is 3. The molecule has 0 aromatic heterocycles. The van der Waals surface area contributed by atoms with Crippen molar-refractivity contribution in [3.8, 4) is 0 Å². The Morgan fingerprint density at radius 3 is 2.18 bits per heavy atom. The van der Waals surface area contributed by atoms with E-state index in [4.69, 9.17) is 7.85 Å². The van der Waals surface area contributed by atoms with Crippen molar-refractivity contribution < 1.29 is 0 Å². The van der Waals surface area contributed by atoms with Crippen LogP contribution in [0.4, 0.5) is 0 Å². The Morgan fingerprint density at radius 2 is 1.32 bits per heavy atom. The molecule has 0 saturated carbocycles. The van der Waals surface area contributed by atoms with E-state index >= 15 is 0 Å². The SMILES string of the molecule is [B]c1c(Cc2ccccc2)ccc2c1ccc1ccccc12. The largest absolute Gasteiger partial charge is 0.115 e. The molecule has 0 aliphatic rings. The van der Waals surface area contributed by atoms with Crippen LogP contribution in [0.3, 0.4) is 0 Å².